The number of amides is 1. The topological polar surface area (TPSA) is 77.7 Å². The predicted molar refractivity (Wildman–Crippen MR) is 74.8 cm³/mol. The third-order valence-electron chi connectivity index (χ3n) is 3.47. The molecule has 0 radical (unpaired) electrons. The van der Waals surface area contributed by atoms with Crippen LogP contribution in [-0.4, -0.2) is 37.5 Å². The Morgan fingerprint density at radius 2 is 2.25 bits per heavy atom. The first-order valence-corrected chi connectivity index (χ1v) is 7.12. The number of nitrogens with one attached hydrogen (secondary N) is 2. The standard InChI is InChI=1S/C12H13Cl2N5O/c13-7-5-8(17-10(7)14)12(20)19-4-2-1-3-9(19)11-15-6-16-18-11/h5-6,9,17H,1-4H2,(H,15,16,18). The number of carbonyl (C=O) groups excluding carboxylic acids is 1. The van der Waals surface area contributed by atoms with E-state index in [2.05, 4.69) is 20.2 Å². The molecule has 3 rings (SSSR count). The molecule has 2 N–H and O–H groups in total. The normalized spacial score (nSPS) is 19.3. The summed E-state index contributed by atoms with van der Waals surface area (Å²) in [5.41, 5.74) is 0.395. The minimum absolute atomic E-state index is 0.0837. The molecule has 0 aromatic carbocycles. The van der Waals surface area contributed by atoms with E-state index in [0.717, 1.165) is 19.3 Å². The molecule has 6 nitrogen and oxygen atoms in total. The van der Waals surface area contributed by atoms with E-state index >= 15 is 0 Å². The van der Waals surface area contributed by atoms with E-state index in [4.69, 9.17) is 23.2 Å². The van der Waals surface area contributed by atoms with Gasteiger partial charge in [0.2, 0.25) is 0 Å². The van der Waals surface area contributed by atoms with Crippen molar-refractivity contribution in [2.45, 2.75) is 25.3 Å². The predicted octanol–water partition coefficient (Wildman–Crippen LogP) is 2.81. The number of carbonyl (C=O) groups is 1. The number of nitrogens with zero attached hydrogens (tertiary/aromatic N) is 3. The largest absolute Gasteiger partial charge is 0.340 e. The molecule has 1 fully saturated rings. The van der Waals surface area contributed by atoms with Gasteiger partial charge in [-0.2, -0.15) is 5.10 Å². The summed E-state index contributed by atoms with van der Waals surface area (Å²) in [7, 11) is 0. The molecule has 1 amide bonds. The van der Waals surface area contributed by atoms with Gasteiger partial charge in [-0.05, 0) is 25.3 Å². The number of halogens is 2. The van der Waals surface area contributed by atoms with E-state index in [9.17, 15) is 4.79 Å². The maximum Gasteiger partial charge on any atom is 0.270 e. The number of aromatic amines is 2. The average molecular weight is 314 g/mol. The molecule has 106 valence electrons. The Kier molecular flexibility index (Phi) is 3.67. The van der Waals surface area contributed by atoms with Gasteiger partial charge in [0.15, 0.2) is 0 Å². The van der Waals surface area contributed by atoms with Crippen molar-refractivity contribution in [1.82, 2.24) is 25.1 Å². The summed E-state index contributed by atoms with van der Waals surface area (Å²) < 4.78 is 0. The fourth-order valence-electron chi connectivity index (χ4n) is 2.51. The molecule has 0 aliphatic carbocycles. The minimum Gasteiger partial charge on any atom is -0.340 e. The van der Waals surface area contributed by atoms with Gasteiger partial charge in [0.1, 0.15) is 23.0 Å². The summed E-state index contributed by atoms with van der Waals surface area (Å²) in [6.07, 6.45) is 4.35. The molecule has 1 aliphatic rings. The molecule has 0 bridgehead atoms. The number of hydrogen-bond acceptors (Lipinski definition) is 3. The van der Waals surface area contributed by atoms with Gasteiger partial charge in [0.25, 0.3) is 5.91 Å². The lowest BCUT2D eigenvalue weighted by atomic mass is 10.0. The molecular weight excluding hydrogens is 301 g/mol. The Labute approximate surface area is 125 Å². The van der Waals surface area contributed by atoms with Crippen LogP contribution < -0.4 is 0 Å². The molecule has 1 unspecified atom stereocenters. The van der Waals surface area contributed by atoms with Crippen LogP contribution in [0.4, 0.5) is 0 Å². The highest BCUT2D eigenvalue weighted by Gasteiger charge is 2.31. The van der Waals surface area contributed by atoms with Crippen molar-refractivity contribution in [2.24, 2.45) is 0 Å². The monoisotopic (exact) mass is 313 g/mol. The summed E-state index contributed by atoms with van der Waals surface area (Å²) in [6, 6.07) is 1.47. The molecule has 20 heavy (non-hydrogen) atoms. The number of aromatic nitrogens is 4. The lowest BCUT2D eigenvalue weighted by Crippen LogP contribution is -2.39. The van der Waals surface area contributed by atoms with Gasteiger partial charge in [0, 0.05) is 6.54 Å². The van der Waals surface area contributed by atoms with Crippen LogP contribution in [0, 0.1) is 0 Å². The highest BCUT2D eigenvalue weighted by atomic mass is 35.5. The Hall–Kier alpha value is -1.53. The molecule has 3 heterocycles. The lowest BCUT2D eigenvalue weighted by Gasteiger charge is -2.34. The van der Waals surface area contributed by atoms with Crippen molar-refractivity contribution in [3.05, 3.63) is 34.1 Å². The first-order valence-electron chi connectivity index (χ1n) is 6.37. The Bertz CT molecular complexity index is 590. The summed E-state index contributed by atoms with van der Waals surface area (Å²) in [5, 5.41) is 7.33. The van der Waals surface area contributed by atoms with E-state index in [1.165, 1.54) is 6.33 Å². The molecule has 8 heteroatoms. The number of hydrogen-bond donors (Lipinski definition) is 2. The van der Waals surface area contributed by atoms with Crippen molar-refractivity contribution < 1.29 is 4.79 Å². The second-order valence-electron chi connectivity index (χ2n) is 4.73. The van der Waals surface area contributed by atoms with Crippen LogP contribution in [0.1, 0.15) is 41.6 Å². The number of likely N-dealkylation sites (tertiary alicyclic amines) is 1. The average Bonchev–Trinajstić information content (AvgIpc) is 3.09. The SMILES string of the molecule is O=C(c1cc(Cl)c(Cl)[nH]1)N1CCCCC1c1ncn[nH]1. The van der Waals surface area contributed by atoms with Gasteiger partial charge in [0.05, 0.1) is 11.1 Å². The highest BCUT2D eigenvalue weighted by molar-refractivity contribution is 6.41. The van der Waals surface area contributed by atoms with Crippen LogP contribution >= 0.6 is 23.2 Å². The fraction of sp³-hybridized carbons (Fsp3) is 0.417. The maximum atomic E-state index is 12.6. The zero-order valence-corrected chi connectivity index (χ0v) is 12.1. The number of rotatable bonds is 2. The van der Waals surface area contributed by atoms with Gasteiger partial charge >= 0.3 is 0 Å². The number of H-pyrrole nitrogens is 2. The quantitative estimate of drug-likeness (QED) is 0.895. The smallest absolute Gasteiger partial charge is 0.270 e. The molecule has 1 aliphatic heterocycles. The molecule has 0 saturated carbocycles. The van der Waals surface area contributed by atoms with Crippen LogP contribution in [0.5, 0.6) is 0 Å². The van der Waals surface area contributed by atoms with Crippen molar-refractivity contribution in [1.29, 1.82) is 0 Å². The van der Waals surface area contributed by atoms with Crippen LogP contribution in [0.25, 0.3) is 0 Å². The van der Waals surface area contributed by atoms with E-state index in [0.29, 0.717) is 23.1 Å². The minimum atomic E-state index is -0.125. The lowest BCUT2D eigenvalue weighted by molar-refractivity contribution is 0.0595. The Morgan fingerprint density at radius 3 is 2.90 bits per heavy atom. The van der Waals surface area contributed by atoms with E-state index in [1.807, 2.05) is 0 Å². The summed E-state index contributed by atoms with van der Waals surface area (Å²) >= 11 is 11.7. The highest BCUT2D eigenvalue weighted by Crippen LogP contribution is 2.31. The van der Waals surface area contributed by atoms with Crippen molar-refractivity contribution in [3.63, 3.8) is 0 Å². The Balaban J connectivity index is 1.88. The second kappa shape index (κ2) is 5.46. The molecule has 2 aromatic heterocycles. The first-order chi connectivity index (χ1) is 9.66. The molecular formula is C12H13Cl2N5O. The molecule has 0 spiro atoms. The molecule has 2 aromatic rings. The van der Waals surface area contributed by atoms with E-state index in [-0.39, 0.29) is 17.1 Å². The number of piperidine rings is 1. The van der Waals surface area contributed by atoms with Crippen LogP contribution in [0.2, 0.25) is 10.2 Å². The third kappa shape index (κ3) is 2.41. The first kappa shape index (κ1) is 13.5. The van der Waals surface area contributed by atoms with Gasteiger partial charge in [-0.3, -0.25) is 9.89 Å². The van der Waals surface area contributed by atoms with E-state index < -0.39 is 0 Å². The van der Waals surface area contributed by atoms with Gasteiger partial charge < -0.3 is 9.88 Å². The maximum absolute atomic E-state index is 12.6. The zero-order chi connectivity index (χ0) is 14.1. The molecule has 1 atom stereocenters. The van der Waals surface area contributed by atoms with Gasteiger partial charge in [-0.15, -0.1) is 0 Å². The summed E-state index contributed by atoms with van der Waals surface area (Å²) in [6.45, 7) is 0.679. The molecule has 1 saturated heterocycles. The van der Waals surface area contributed by atoms with Crippen molar-refractivity contribution in [2.75, 3.05) is 6.54 Å². The van der Waals surface area contributed by atoms with Gasteiger partial charge in [-0.25, -0.2) is 4.98 Å². The summed E-state index contributed by atoms with van der Waals surface area (Å²) in [5.74, 6) is 0.585. The fourth-order valence-corrected chi connectivity index (χ4v) is 2.82. The van der Waals surface area contributed by atoms with E-state index in [1.54, 1.807) is 11.0 Å². The Morgan fingerprint density at radius 1 is 1.40 bits per heavy atom. The van der Waals surface area contributed by atoms with Crippen LogP contribution in [0.3, 0.4) is 0 Å². The van der Waals surface area contributed by atoms with Crippen LogP contribution in [0.15, 0.2) is 12.4 Å². The van der Waals surface area contributed by atoms with Crippen LogP contribution in [-0.2, 0) is 0 Å². The van der Waals surface area contributed by atoms with Crippen molar-refractivity contribution in [3.8, 4) is 0 Å². The summed E-state index contributed by atoms with van der Waals surface area (Å²) in [4.78, 5) is 21.3. The second-order valence-corrected chi connectivity index (χ2v) is 5.51. The third-order valence-corrected chi connectivity index (χ3v) is 4.16. The zero-order valence-electron chi connectivity index (χ0n) is 10.6. The van der Waals surface area contributed by atoms with Crippen molar-refractivity contribution >= 4 is 29.1 Å². The van der Waals surface area contributed by atoms with Gasteiger partial charge in [-0.1, -0.05) is 23.2 Å².